The molecule has 0 spiro atoms. The van der Waals surface area contributed by atoms with Crippen molar-refractivity contribution in [2.45, 2.75) is 0 Å². The van der Waals surface area contributed by atoms with Crippen LogP contribution in [0.15, 0.2) is 60.2 Å². The molecule has 23 heavy (non-hydrogen) atoms. The van der Waals surface area contributed by atoms with Gasteiger partial charge in [-0.1, -0.05) is 36.4 Å². The zero-order valence-electron chi connectivity index (χ0n) is 12.0. The first-order chi connectivity index (χ1) is 11.4. The van der Waals surface area contributed by atoms with Crippen LogP contribution in [0.4, 0.5) is 11.5 Å². The van der Waals surface area contributed by atoms with Crippen molar-refractivity contribution in [3.8, 4) is 22.0 Å². The van der Waals surface area contributed by atoms with E-state index in [0.29, 0.717) is 17.3 Å². The van der Waals surface area contributed by atoms with Gasteiger partial charge in [0, 0.05) is 11.8 Å². The highest BCUT2D eigenvalue weighted by molar-refractivity contribution is 7.13. The van der Waals surface area contributed by atoms with Crippen LogP contribution in [-0.4, -0.2) is 25.4 Å². The smallest absolute Gasteiger partial charge is 0.193 e. The van der Waals surface area contributed by atoms with Crippen molar-refractivity contribution < 1.29 is 0 Å². The van der Waals surface area contributed by atoms with Crippen LogP contribution in [0.2, 0.25) is 0 Å². The van der Waals surface area contributed by atoms with Gasteiger partial charge >= 0.3 is 0 Å². The SMILES string of the molecule is c1ccc(-c2nnc(-c3cccs3)nc2Nc2cn[nH]c2)cc1. The van der Waals surface area contributed by atoms with Crippen LogP contribution in [0.5, 0.6) is 0 Å². The number of anilines is 2. The maximum atomic E-state index is 4.65. The number of hydrogen-bond donors (Lipinski definition) is 2. The molecule has 3 heterocycles. The van der Waals surface area contributed by atoms with Crippen molar-refractivity contribution in [2.24, 2.45) is 0 Å². The molecule has 0 atom stereocenters. The van der Waals surface area contributed by atoms with E-state index in [9.17, 15) is 0 Å². The summed E-state index contributed by atoms with van der Waals surface area (Å²) in [5, 5.41) is 20.6. The van der Waals surface area contributed by atoms with E-state index in [0.717, 1.165) is 16.1 Å². The monoisotopic (exact) mass is 320 g/mol. The molecule has 0 radical (unpaired) electrons. The predicted octanol–water partition coefficient (Wildman–Crippen LogP) is 3.73. The fourth-order valence-corrected chi connectivity index (χ4v) is 2.82. The molecule has 0 aliphatic rings. The molecule has 6 nitrogen and oxygen atoms in total. The molecule has 0 aliphatic carbocycles. The third kappa shape index (κ3) is 2.82. The molecule has 0 amide bonds. The second kappa shape index (κ2) is 5.98. The molecule has 0 bridgehead atoms. The Morgan fingerprint density at radius 2 is 1.91 bits per heavy atom. The largest absolute Gasteiger partial charge is 0.336 e. The normalized spacial score (nSPS) is 10.6. The van der Waals surface area contributed by atoms with E-state index in [-0.39, 0.29) is 0 Å². The molecule has 7 heteroatoms. The van der Waals surface area contributed by atoms with Gasteiger partial charge in [-0.3, -0.25) is 5.10 Å². The van der Waals surface area contributed by atoms with Crippen molar-refractivity contribution in [1.82, 2.24) is 25.4 Å². The van der Waals surface area contributed by atoms with Gasteiger partial charge in [-0.2, -0.15) is 5.10 Å². The minimum atomic E-state index is 0.602. The second-order valence-corrected chi connectivity index (χ2v) is 5.74. The molecule has 4 aromatic rings. The molecule has 2 N–H and O–H groups in total. The average molecular weight is 320 g/mol. The number of aromatic amines is 1. The summed E-state index contributed by atoms with van der Waals surface area (Å²) in [6.45, 7) is 0. The molecule has 3 aromatic heterocycles. The Morgan fingerprint density at radius 1 is 1.00 bits per heavy atom. The van der Waals surface area contributed by atoms with E-state index in [1.54, 1.807) is 23.7 Å². The highest BCUT2D eigenvalue weighted by Gasteiger charge is 2.13. The highest BCUT2D eigenvalue weighted by atomic mass is 32.1. The maximum absolute atomic E-state index is 4.65. The number of benzene rings is 1. The van der Waals surface area contributed by atoms with E-state index >= 15 is 0 Å². The number of rotatable bonds is 4. The number of nitrogens with one attached hydrogen (secondary N) is 2. The summed E-state index contributed by atoms with van der Waals surface area (Å²) in [6.07, 6.45) is 3.46. The Morgan fingerprint density at radius 3 is 2.65 bits per heavy atom. The lowest BCUT2D eigenvalue weighted by Crippen LogP contribution is -2.02. The number of hydrogen-bond acceptors (Lipinski definition) is 6. The van der Waals surface area contributed by atoms with Gasteiger partial charge in [0.2, 0.25) is 0 Å². The molecule has 112 valence electrons. The van der Waals surface area contributed by atoms with Crippen molar-refractivity contribution in [3.63, 3.8) is 0 Å². The first-order valence-corrected chi connectivity index (χ1v) is 7.88. The molecule has 0 fully saturated rings. The van der Waals surface area contributed by atoms with Gasteiger partial charge in [0.25, 0.3) is 0 Å². The Labute approximate surface area is 136 Å². The molecule has 0 saturated carbocycles. The lowest BCUT2D eigenvalue weighted by molar-refractivity contribution is 0.995. The first kappa shape index (κ1) is 13.6. The van der Waals surface area contributed by atoms with Gasteiger partial charge in [0.05, 0.1) is 16.8 Å². The van der Waals surface area contributed by atoms with E-state index < -0.39 is 0 Å². The Kier molecular flexibility index (Phi) is 3.53. The summed E-state index contributed by atoms with van der Waals surface area (Å²) in [5.74, 6) is 1.25. The van der Waals surface area contributed by atoms with Crippen molar-refractivity contribution in [3.05, 3.63) is 60.2 Å². The number of thiophene rings is 1. The second-order valence-electron chi connectivity index (χ2n) is 4.79. The summed E-state index contributed by atoms with van der Waals surface area (Å²) in [4.78, 5) is 5.63. The van der Waals surface area contributed by atoms with Crippen LogP contribution in [0.1, 0.15) is 0 Å². The fourth-order valence-electron chi connectivity index (χ4n) is 2.17. The number of aromatic nitrogens is 5. The minimum absolute atomic E-state index is 0.602. The van der Waals surface area contributed by atoms with E-state index in [1.807, 2.05) is 47.8 Å². The topological polar surface area (TPSA) is 79.4 Å². The molecule has 0 saturated heterocycles. The van der Waals surface area contributed by atoms with Gasteiger partial charge in [-0.25, -0.2) is 4.98 Å². The summed E-state index contributed by atoms with van der Waals surface area (Å²) in [5.41, 5.74) is 2.48. The summed E-state index contributed by atoms with van der Waals surface area (Å²) in [6, 6.07) is 13.8. The standard InChI is InChI=1S/C16H12N6S/c1-2-5-11(6-3-1)14-16(19-12-9-17-18-10-12)20-15(22-21-14)13-7-4-8-23-13/h1-10H,(H,17,18)(H,19,20,22). The van der Waals surface area contributed by atoms with Crippen molar-refractivity contribution in [2.75, 3.05) is 5.32 Å². The van der Waals surface area contributed by atoms with Crippen molar-refractivity contribution in [1.29, 1.82) is 0 Å². The fraction of sp³-hybridized carbons (Fsp3) is 0. The number of H-pyrrole nitrogens is 1. The molecular weight excluding hydrogens is 308 g/mol. The van der Waals surface area contributed by atoms with E-state index in [1.165, 1.54) is 0 Å². The van der Waals surface area contributed by atoms with Gasteiger partial charge in [0.15, 0.2) is 11.6 Å². The maximum Gasteiger partial charge on any atom is 0.193 e. The highest BCUT2D eigenvalue weighted by Crippen LogP contribution is 2.29. The van der Waals surface area contributed by atoms with Crippen molar-refractivity contribution >= 4 is 22.8 Å². The third-order valence-electron chi connectivity index (χ3n) is 3.24. The molecule has 0 unspecified atom stereocenters. The Bertz CT molecular complexity index is 888. The van der Waals surface area contributed by atoms with Crippen LogP contribution in [0.25, 0.3) is 22.0 Å². The zero-order chi connectivity index (χ0) is 15.5. The van der Waals surface area contributed by atoms with E-state index in [4.69, 9.17) is 0 Å². The zero-order valence-corrected chi connectivity index (χ0v) is 12.8. The van der Waals surface area contributed by atoms with Crippen LogP contribution >= 0.6 is 11.3 Å². The molecular formula is C16H12N6S. The lowest BCUT2D eigenvalue weighted by Gasteiger charge is -2.09. The third-order valence-corrected chi connectivity index (χ3v) is 4.10. The minimum Gasteiger partial charge on any atom is -0.336 e. The molecule has 0 aliphatic heterocycles. The van der Waals surface area contributed by atoms with Crippen LogP contribution in [0.3, 0.4) is 0 Å². The molecule has 1 aromatic carbocycles. The lowest BCUT2D eigenvalue weighted by atomic mass is 10.1. The van der Waals surface area contributed by atoms with E-state index in [2.05, 4.69) is 30.7 Å². The summed E-state index contributed by atoms with van der Waals surface area (Å²) >= 11 is 1.58. The Balaban J connectivity index is 1.81. The van der Waals surface area contributed by atoms with Gasteiger partial charge < -0.3 is 5.32 Å². The predicted molar refractivity (Wildman–Crippen MR) is 90.4 cm³/mol. The summed E-state index contributed by atoms with van der Waals surface area (Å²) < 4.78 is 0. The van der Waals surface area contributed by atoms with Crippen LogP contribution in [-0.2, 0) is 0 Å². The number of nitrogens with zero attached hydrogens (tertiary/aromatic N) is 4. The molecule has 4 rings (SSSR count). The van der Waals surface area contributed by atoms with Gasteiger partial charge in [0.1, 0.15) is 5.69 Å². The van der Waals surface area contributed by atoms with Gasteiger partial charge in [-0.15, -0.1) is 21.5 Å². The summed E-state index contributed by atoms with van der Waals surface area (Å²) in [7, 11) is 0. The average Bonchev–Trinajstić information content (AvgIpc) is 3.29. The Hall–Kier alpha value is -3.06. The first-order valence-electron chi connectivity index (χ1n) is 7.00. The van der Waals surface area contributed by atoms with Crippen LogP contribution < -0.4 is 5.32 Å². The van der Waals surface area contributed by atoms with Crippen LogP contribution in [0, 0.1) is 0 Å². The van der Waals surface area contributed by atoms with Gasteiger partial charge in [-0.05, 0) is 11.4 Å². The quantitative estimate of drug-likeness (QED) is 0.599.